The van der Waals surface area contributed by atoms with Crippen molar-refractivity contribution in [2.24, 2.45) is 0 Å². The number of aliphatic hydroxyl groups excluding tert-OH is 1. The molecule has 0 saturated carbocycles. The van der Waals surface area contributed by atoms with E-state index in [2.05, 4.69) is 22.1 Å². The molecule has 5 heteroatoms. The highest BCUT2D eigenvalue weighted by atomic mass is 16.5. The Balaban J connectivity index is 2.67. The third-order valence-electron chi connectivity index (χ3n) is 2.10. The van der Waals surface area contributed by atoms with Gasteiger partial charge in [0.15, 0.2) is 0 Å². The van der Waals surface area contributed by atoms with Crippen molar-refractivity contribution < 1.29 is 14.6 Å². The Hall–Kier alpha value is -1.90. The van der Waals surface area contributed by atoms with Gasteiger partial charge in [0.2, 0.25) is 0 Å². The molecule has 2 N–H and O–H groups in total. The number of pyridine rings is 1. The number of hydrogen-bond donors (Lipinski definition) is 2. The van der Waals surface area contributed by atoms with Crippen molar-refractivity contribution >= 4 is 5.91 Å². The molecule has 0 unspecified atom stereocenters. The number of carbonyl (C=O) groups is 1. The third kappa shape index (κ3) is 4.53. The van der Waals surface area contributed by atoms with Crippen LogP contribution >= 0.6 is 0 Å². The highest BCUT2D eigenvalue weighted by Gasteiger charge is 2.08. The van der Waals surface area contributed by atoms with Gasteiger partial charge >= 0.3 is 0 Å². The first-order valence-corrected chi connectivity index (χ1v) is 5.69. The molecule has 0 fully saturated rings. The summed E-state index contributed by atoms with van der Waals surface area (Å²) in [6, 6.07) is 1.59. The summed E-state index contributed by atoms with van der Waals surface area (Å²) in [4.78, 5) is 15.8. The van der Waals surface area contributed by atoms with Gasteiger partial charge in [0, 0.05) is 25.5 Å². The van der Waals surface area contributed by atoms with E-state index in [0.29, 0.717) is 30.9 Å². The maximum atomic E-state index is 11.9. The van der Waals surface area contributed by atoms with E-state index in [1.54, 1.807) is 6.07 Å². The standard InChI is InChI=1S/C13H16N2O3/c1-2-18-9-7-15-13(17)12-5-6-14-10-11(12)4-3-8-16/h5-6,10,16H,2,7-9H2,1H3,(H,15,17). The summed E-state index contributed by atoms with van der Waals surface area (Å²) < 4.78 is 5.13. The van der Waals surface area contributed by atoms with Gasteiger partial charge in [0.1, 0.15) is 6.61 Å². The molecule has 5 nitrogen and oxygen atoms in total. The molecule has 1 aromatic rings. The summed E-state index contributed by atoms with van der Waals surface area (Å²) in [6.07, 6.45) is 3.03. The Bertz CT molecular complexity index is 449. The van der Waals surface area contributed by atoms with Gasteiger partial charge in [-0.3, -0.25) is 9.78 Å². The van der Waals surface area contributed by atoms with Crippen LogP contribution in [0.5, 0.6) is 0 Å². The molecule has 1 heterocycles. The Kier molecular flexibility index (Phi) is 6.47. The fourth-order valence-corrected chi connectivity index (χ4v) is 1.30. The lowest BCUT2D eigenvalue weighted by Gasteiger charge is -2.06. The minimum atomic E-state index is -0.250. The zero-order valence-electron chi connectivity index (χ0n) is 10.3. The van der Waals surface area contributed by atoms with Gasteiger partial charge in [-0.2, -0.15) is 0 Å². The molecule has 0 spiro atoms. The quantitative estimate of drug-likeness (QED) is 0.576. The molecule has 0 aliphatic rings. The number of aromatic nitrogens is 1. The Morgan fingerprint density at radius 1 is 1.61 bits per heavy atom. The maximum absolute atomic E-state index is 11.9. The van der Waals surface area contributed by atoms with Gasteiger partial charge in [-0.25, -0.2) is 0 Å². The maximum Gasteiger partial charge on any atom is 0.252 e. The first-order chi connectivity index (χ1) is 8.79. The smallest absolute Gasteiger partial charge is 0.252 e. The van der Waals surface area contributed by atoms with Crippen molar-refractivity contribution in [1.29, 1.82) is 0 Å². The normalized spacial score (nSPS) is 9.44. The zero-order valence-corrected chi connectivity index (χ0v) is 10.3. The van der Waals surface area contributed by atoms with E-state index < -0.39 is 0 Å². The lowest BCUT2D eigenvalue weighted by atomic mass is 10.1. The predicted octanol–water partition coefficient (Wildman–Crippen LogP) is 0.192. The summed E-state index contributed by atoms with van der Waals surface area (Å²) in [5.74, 6) is 4.97. The van der Waals surface area contributed by atoms with E-state index >= 15 is 0 Å². The van der Waals surface area contributed by atoms with Crippen LogP contribution in [0.4, 0.5) is 0 Å². The zero-order chi connectivity index (χ0) is 13.2. The lowest BCUT2D eigenvalue weighted by Crippen LogP contribution is -2.28. The SMILES string of the molecule is CCOCCNC(=O)c1ccncc1C#CCO. The van der Waals surface area contributed by atoms with Crippen molar-refractivity contribution in [3.05, 3.63) is 29.6 Å². The van der Waals surface area contributed by atoms with E-state index in [0.717, 1.165) is 0 Å². The van der Waals surface area contributed by atoms with Crippen LogP contribution in [0.15, 0.2) is 18.5 Å². The summed E-state index contributed by atoms with van der Waals surface area (Å²) >= 11 is 0. The monoisotopic (exact) mass is 248 g/mol. The molecule has 0 saturated heterocycles. The van der Waals surface area contributed by atoms with Gasteiger partial charge in [-0.05, 0) is 13.0 Å². The molecular formula is C13H16N2O3. The van der Waals surface area contributed by atoms with Crippen LogP contribution in [0.2, 0.25) is 0 Å². The van der Waals surface area contributed by atoms with Crippen molar-refractivity contribution in [3.8, 4) is 11.8 Å². The third-order valence-corrected chi connectivity index (χ3v) is 2.10. The molecular weight excluding hydrogens is 232 g/mol. The van der Waals surface area contributed by atoms with Gasteiger partial charge in [-0.1, -0.05) is 11.8 Å². The molecule has 1 aromatic heterocycles. The number of nitrogens with one attached hydrogen (secondary N) is 1. The van der Waals surface area contributed by atoms with Crippen LogP contribution in [-0.4, -0.2) is 42.4 Å². The number of rotatable bonds is 5. The molecule has 0 aliphatic carbocycles. The van der Waals surface area contributed by atoms with Gasteiger partial charge < -0.3 is 15.2 Å². The Morgan fingerprint density at radius 3 is 3.17 bits per heavy atom. The van der Waals surface area contributed by atoms with Crippen molar-refractivity contribution in [3.63, 3.8) is 0 Å². The van der Waals surface area contributed by atoms with E-state index in [1.807, 2.05) is 6.92 Å². The minimum absolute atomic E-state index is 0.223. The van der Waals surface area contributed by atoms with E-state index in [-0.39, 0.29) is 12.5 Å². The minimum Gasteiger partial charge on any atom is -0.384 e. The summed E-state index contributed by atoms with van der Waals surface area (Å²) in [7, 11) is 0. The van der Waals surface area contributed by atoms with Crippen LogP contribution in [-0.2, 0) is 4.74 Å². The largest absolute Gasteiger partial charge is 0.384 e. The molecule has 0 bridgehead atoms. The first-order valence-electron chi connectivity index (χ1n) is 5.69. The number of amides is 1. The fraction of sp³-hybridized carbons (Fsp3) is 0.385. The summed E-state index contributed by atoms with van der Waals surface area (Å²) in [5, 5.41) is 11.4. The number of aliphatic hydroxyl groups is 1. The molecule has 0 aliphatic heterocycles. The van der Waals surface area contributed by atoms with E-state index in [9.17, 15) is 4.79 Å². The van der Waals surface area contributed by atoms with Crippen LogP contribution in [0.25, 0.3) is 0 Å². The first kappa shape index (κ1) is 14.2. The number of carbonyl (C=O) groups excluding carboxylic acids is 1. The lowest BCUT2D eigenvalue weighted by molar-refractivity contribution is 0.0922. The van der Waals surface area contributed by atoms with E-state index in [4.69, 9.17) is 9.84 Å². The number of hydrogen-bond acceptors (Lipinski definition) is 4. The van der Waals surface area contributed by atoms with Gasteiger partial charge in [0.05, 0.1) is 17.7 Å². The highest BCUT2D eigenvalue weighted by molar-refractivity contribution is 5.96. The molecule has 0 aromatic carbocycles. The summed E-state index contributed by atoms with van der Waals surface area (Å²) in [6.45, 7) is 3.19. The second kappa shape index (κ2) is 8.23. The number of ether oxygens (including phenoxy) is 1. The van der Waals surface area contributed by atoms with Crippen molar-refractivity contribution in [1.82, 2.24) is 10.3 Å². The van der Waals surface area contributed by atoms with Crippen molar-refractivity contribution in [2.45, 2.75) is 6.92 Å². The van der Waals surface area contributed by atoms with Gasteiger partial charge in [-0.15, -0.1) is 0 Å². The highest BCUT2D eigenvalue weighted by Crippen LogP contribution is 2.04. The Morgan fingerprint density at radius 2 is 2.44 bits per heavy atom. The van der Waals surface area contributed by atoms with Crippen molar-refractivity contribution in [2.75, 3.05) is 26.4 Å². The molecule has 0 radical (unpaired) electrons. The topological polar surface area (TPSA) is 71.5 Å². The van der Waals surface area contributed by atoms with E-state index in [1.165, 1.54) is 12.4 Å². The van der Waals surface area contributed by atoms with Crippen LogP contribution in [0.1, 0.15) is 22.8 Å². The molecule has 1 amide bonds. The molecule has 18 heavy (non-hydrogen) atoms. The van der Waals surface area contributed by atoms with Gasteiger partial charge in [0.25, 0.3) is 5.91 Å². The van der Waals surface area contributed by atoms with Crippen LogP contribution in [0.3, 0.4) is 0 Å². The number of nitrogens with zero attached hydrogens (tertiary/aromatic N) is 1. The average molecular weight is 248 g/mol. The predicted molar refractivity (Wildman–Crippen MR) is 67.0 cm³/mol. The fourth-order valence-electron chi connectivity index (χ4n) is 1.30. The molecule has 0 atom stereocenters. The second-order valence-corrected chi connectivity index (χ2v) is 3.33. The molecule has 1 rings (SSSR count). The van der Waals surface area contributed by atoms with Crippen LogP contribution in [0, 0.1) is 11.8 Å². The Labute approximate surface area is 106 Å². The average Bonchev–Trinajstić information content (AvgIpc) is 2.41. The summed E-state index contributed by atoms with van der Waals surface area (Å²) in [5.41, 5.74) is 0.947. The van der Waals surface area contributed by atoms with Crippen LogP contribution < -0.4 is 5.32 Å². The molecule has 96 valence electrons. The second-order valence-electron chi connectivity index (χ2n) is 3.33.